The number of amides is 2. The molecule has 1 fully saturated rings. The van der Waals surface area contributed by atoms with E-state index in [1.165, 1.54) is 17.7 Å². The normalized spacial score (nSPS) is 15.8. The number of rotatable bonds is 5. The van der Waals surface area contributed by atoms with Gasteiger partial charge in [-0.3, -0.25) is 24.6 Å². The molecule has 2 aromatic carbocycles. The maximum Gasteiger partial charge on any atom is 0.293 e. The van der Waals surface area contributed by atoms with E-state index in [0.29, 0.717) is 16.4 Å². The van der Waals surface area contributed by atoms with Crippen molar-refractivity contribution in [1.29, 1.82) is 0 Å². The minimum atomic E-state index is -0.502. The molecule has 2 aromatic rings. The molecule has 0 N–H and O–H groups in total. The molecule has 2 amide bonds. The fourth-order valence-corrected chi connectivity index (χ4v) is 3.55. The second kappa shape index (κ2) is 7.75. The van der Waals surface area contributed by atoms with Crippen LogP contribution in [0.5, 0.6) is 0 Å². The molecule has 6 nitrogen and oxygen atoms in total. The summed E-state index contributed by atoms with van der Waals surface area (Å²) < 4.78 is 0. The van der Waals surface area contributed by atoms with Crippen LogP contribution in [0.25, 0.3) is 6.08 Å². The van der Waals surface area contributed by atoms with Crippen molar-refractivity contribution in [2.24, 2.45) is 0 Å². The molecular weight excluding hydrogens is 364 g/mol. The Bertz CT molecular complexity index is 935. The van der Waals surface area contributed by atoms with E-state index in [9.17, 15) is 19.7 Å². The van der Waals surface area contributed by atoms with Gasteiger partial charge < -0.3 is 0 Å². The Morgan fingerprint density at radius 1 is 1.15 bits per heavy atom. The van der Waals surface area contributed by atoms with E-state index in [-0.39, 0.29) is 23.4 Å². The molecule has 1 aliphatic heterocycles. The lowest BCUT2D eigenvalue weighted by Crippen LogP contribution is -2.27. The Morgan fingerprint density at radius 3 is 2.48 bits per heavy atom. The lowest BCUT2D eigenvalue weighted by molar-refractivity contribution is -0.384. The quantitative estimate of drug-likeness (QED) is 0.415. The summed E-state index contributed by atoms with van der Waals surface area (Å²) in [5.41, 5.74) is 2.51. The Morgan fingerprint density at radius 2 is 1.85 bits per heavy atom. The van der Waals surface area contributed by atoms with Crippen LogP contribution in [0.4, 0.5) is 10.5 Å². The molecule has 0 atom stereocenters. The van der Waals surface area contributed by atoms with Crippen LogP contribution in [0.3, 0.4) is 0 Å². The second-order valence-corrected chi connectivity index (χ2v) is 7.51. The molecule has 3 rings (SSSR count). The van der Waals surface area contributed by atoms with Crippen LogP contribution in [0.1, 0.15) is 36.5 Å². The van der Waals surface area contributed by atoms with Gasteiger partial charge in [-0.15, -0.1) is 0 Å². The van der Waals surface area contributed by atoms with Crippen LogP contribution in [-0.4, -0.2) is 21.0 Å². The Labute approximate surface area is 161 Å². The highest BCUT2D eigenvalue weighted by atomic mass is 32.2. The molecule has 7 heteroatoms. The minimum absolute atomic E-state index is 0.00989. The molecule has 1 heterocycles. The Kier molecular flexibility index (Phi) is 5.41. The first-order valence-electron chi connectivity index (χ1n) is 8.44. The summed E-state index contributed by atoms with van der Waals surface area (Å²) in [7, 11) is 0. The van der Waals surface area contributed by atoms with Crippen molar-refractivity contribution in [3.63, 3.8) is 0 Å². The van der Waals surface area contributed by atoms with Crippen LogP contribution >= 0.6 is 11.8 Å². The van der Waals surface area contributed by atoms with Crippen molar-refractivity contribution in [3.05, 3.63) is 80.2 Å². The molecule has 0 bridgehead atoms. The van der Waals surface area contributed by atoms with Gasteiger partial charge in [-0.25, -0.2) is 0 Å². The zero-order valence-corrected chi connectivity index (χ0v) is 15.7. The monoisotopic (exact) mass is 382 g/mol. The Balaban J connectivity index is 1.78. The highest BCUT2D eigenvalue weighted by molar-refractivity contribution is 8.18. The first kappa shape index (κ1) is 18.8. The molecule has 0 radical (unpaired) electrons. The molecule has 27 heavy (non-hydrogen) atoms. The van der Waals surface area contributed by atoms with E-state index >= 15 is 0 Å². The van der Waals surface area contributed by atoms with Gasteiger partial charge in [-0.2, -0.15) is 0 Å². The fourth-order valence-electron chi connectivity index (χ4n) is 2.72. The number of thioether (sulfide) groups is 1. The van der Waals surface area contributed by atoms with Crippen molar-refractivity contribution < 1.29 is 14.5 Å². The topological polar surface area (TPSA) is 80.5 Å². The molecule has 138 valence electrons. The maximum absolute atomic E-state index is 12.6. The third-order valence-corrected chi connectivity index (χ3v) is 5.14. The number of carbonyl (C=O) groups excluding carboxylic acids is 2. The van der Waals surface area contributed by atoms with Gasteiger partial charge in [0, 0.05) is 12.1 Å². The minimum Gasteiger partial charge on any atom is -0.268 e. The largest absolute Gasteiger partial charge is 0.293 e. The van der Waals surface area contributed by atoms with Gasteiger partial charge in [0.05, 0.1) is 16.4 Å². The fraction of sp³-hybridized carbons (Fsp3) is 0.200. The summed E-state index contributed by atoms with van der Waals surface area (Å²) in [5, 5.41) is 10.5. The number of carbonyl (C=O) groups is 2. The number of benzene rings is 2. The number of nitrogens with zero attached hydrogens (tertiary/aromatic N) is 2. The van der Waals surface area contributed by atoms with Crippen molar-refractivity contribution in [3.8, 4) is 0 Å². The molecule has 0 spiro atoms. The molecule has 0 unspecified atom stereocenters. The van der Waals surface area contributed by atoms with Crippen LogP contribution in [0, 0.1) is 10.1 Å². The van der Waals surface area contributed by atoms with Gasteiger partial charge in [0.2, 0.25) is 0 Å². The lowest BCUT2D eigenvalue weighted by Gasteiger charge is -2.12. The van der Waals surface area contributed by atoms with E-state index in [1.807, 2.05) is 24.3 Å². The van der Waals surface area contributed by atoms with Gasteiger partial charge >= 0.3 is 0 Å². The van der Waals surface area contributed by atoms with Gasteiger partial charge in [-0.05, 0) is 40.4 Å². The van der Waals surface area contributed by atoms with Crippen LogP contribution in [0.15, 0.2) is 53.4 Å². The zero-order chi connectivity index (χ0) is 19.6. The number of nitro benzene ring substituents is 1. The van der Waals surface area contributed by atoms with Crippen molar-refractivity contribution >= 4 is 34.7 Å². The maximum atomic E-state index is 12.6. The predicted octanol–water partition coefficient (Wildman–Crippen LogP) is 4.95. The number of nitro groups is 1. The SMILES string of the molecule is CC(C)c1ccc(/C=C2/SC(=O)N(Cc3cccc([N+](=O)[O-])c3)C2=O)cc1. The average molecular weight is 382 g/mol. The number of hydrogen-bond donors (Lipinski definition) is 0. The summed E-state index contributed by atoms with van der Waals surface area (Å²) in [5.74, 6) is 0.0330. The average Bonchev–Trinajstić information content (AvgIpc) is 2.90. The van der Waals surface area contributed by atoms with Crippen LogP contribution in [0.2, 0.25) is 0 Å². The molecule has 1 aliphatic rings. The number of hydrogen-bond acceptors (Lipinski definition) is 5. The third kappa shape index (κ3) is 4.25. The van der Waals surface area contributed by atoms with Crippen molar-refractivity contribution in [2.45, 2.75) is 26.3 Å². The lowest BCUT2D eigenvalue weighted by atomic mass is 10.0. The molecule has 1 saturated heterocycles. The number of non-ortho nitro benzene ring substituents is 1. The highest BCUT2D eigenvalue weighted by Gasteiger charge is 2.35. The molecule has 0 saturated carbocycles. The standard InChI is InChI=1S/C20H18N2O4S/c1-13(2)16-8-6-14(7-9-16)11-18-19(23)21(20(24)27-18)12-15-4-3-5-17(10-15)22(25)26/h3-11,13H,12H2,1-2H3/b18-11+. The van der Waals surface area contributed by atoms with E-state index in [1.54, 1.807) is 18.2 Å². The summed E-state index contributed by atoms with van der Waals surface area (Å²) in [6.07, 6.45) is 1.70. The van der Waals surface area contributed by atoms with Gasteiger partial charge in [-0.1, -0.05) is 50.2 Å². The molecule has 0 aromatic heterocycles. The first-order chi connectivity index (χ1) is 12.8. The predicted molar refractivity (Wildman–Crippen MR) is 105 cm³/mol. The smallest absolute Gasteiger partial charge is 0.268 e. The molecular formula is C20H18N2O4S. The van der Waals surface area contributed by atoms with E-state index < -0.39 is 4.92 Å². The second-order valence-electron chi connectivity index (χ2n) is 6.52. The summed E-state index contributed by atoms with van der Waals surface area (Å²) in [6, 6.07) is 13.8. The van der Waals surface area contributed by atoms with Gasteiger partial charge in [0.1, 0.15) is 0 Å². The highest BCUT2D eigenvalue weighted by Crippen LogP contribution is 2.33. The van der Waals surface area contributed by atoms with E-state index in [4.69, 9.17) is 0 Å². The summed E-state index contributed by atoms with van der Waals surface area (Å²) >= 11 is 0.882. The van der Waals surface area contributed by atoms with Crippen molar-refractivity contribution in [1.82, 2.24) is 4.90 Å². The van der Waals surface area contributed by atoms with Crippen LogP contribution in [-0.2, 0) is 11.3 Å². The van der Waals surface area contributed by atoms with Gasteiger partial charge in [0.25, 0.3) is 16.8 Å². The van der Waals surface area contributed by atoms with E-state index in [0.717, 1.165) is 22.2 Å². The first-order valence-corrected chi connectivity index (χ1v) is 9.25. The summed E-state index contributed by atoms with van der Waals surface area (Å²) in [4.78, 5) is 36.7. The Hall–Kier alpha value is -2.93. The van der Waals surface area contributed by atoms with E-state index in [2.05, 4.69) is 13.8 Å². The third-order valence-electron chi connectivity index (χ3n) is 4.24. The van der Waals surface area contributed by atoms with Crippen molar-refractivity contribution in [2.75, 3.05) is 0 Å². The molecule has 0 aliphatic carbocycles. The van der Waals surface area contributed by atoms with Crippen LogP contribution < -0.4 is 0 Å². The summed E-state index contributed by atoms with van der Waals surface area (Å²) in [6.45, 7) is 4.22. The van der Waals surface area contributed by atoms with Gasteiger partial charge in [0.15, 0.2) is 0 Å². The number of imide groups is 1. The zero-order valence-electron chi connectivity index (χ0n) is 14.9.